The standard InChI is InChI=1S/C12H21NO2/c1-4-12(3,5-2)13-6-8-9(7-13)10(8)11(14)15/h8-10H,4-7H2,1-3H3,(H,14,15). The Morgan fingerprint density at radius 2 is 1.80 bits per heavy atom. The fourth-order valence-electron chi connectivity index (χ4n) is 3.03. The Kier molecular flexibility index (Phi) is 2.53. The van der Waals surface area contributed by atoms with Crippen molar-refractivity contribution in [2.45, 2.75) is 39.2 Å². The molecular weight excluding hydrogens is 190 g/mol. The van der Waals surface area contributed by atoms with E-state index in [0.717, 1.165) is 25.9 Å². The fourth-order valence-corrected chi connectivity index (χ4v) is 3.03. The monoisotopic (exact) mass is 211 g/mol. The summed E-state index contributed by atoms with van der Waals surface area (Å²) in [6.07, 6.45) is 2.31. The van der Waals surface area contributed by atoms with E-state index in [1.54, 1.807) is 0 Å². The first-order valence-corrected chi connectivity index (χ1v) is 6.01. The molecule has 0 amide bonds. The van der Waals surface area contributed by atoms with E-state index in [0.29, 0.717) is 11.8 Å². The molecule has 0 radical (unpaired) electrons. The lowest BCUT2D eigenvalue weighted by molar-refractivity contribution is -0.139. The van der Waals surface area contributed by atoms with Gasteiger partial charge in [0.05, 0.1) is 5.92 Å². The molecule has 2 unspecified atom stereocenters. The zero-order valence-electron chi connectivity index (χ0n) is 9.86. The summed E-state index contributed by atoms with van der Waals surface area (Å²) in [5, 5.41) is 8.94. The van der Waals surface area contributed by atoms with Crippen LogP contribution in [-0.4, -0.2) is 34.6 Å². The summed E-state index contributed by atoms with van der Waals surface area (Å²) in [6, 6.07) is 0. The topological polar surface area (TPSA) is 40.5 Å². The molecule has 86 valence electrons. The Morgan fingerprint density at radius 1 is 1.33 bits per heavy atom. The highest BCUT2D eigenvalue weighted by Gasteiger charge is 2.61. The third-order valence-electron chi connectivity index (χ3n) is 4.77. The summed E-state index contributed by atoms with van der Waals surface area (Å²) in [6.45, 7) is 8.75. The Labute approximate surface area is 91.5 Å². The smallest absolute Gasteiger partial charge is 0.307 e. The van der Waals surface area contributed by atoms with Gasteiger partial charge >= 0.3 is 5.97 Å². The van der Waals surface area contributed by atoms with Crippen molar-refractivity contribution in [3.8, 4) is 0 Å². The number of carbonyl (C=O) groups is 1. The van der Waals surface area contributed by atoms with E-state index in [1.807, 2.05) is 0 Å². The number of carboxylic acids is 1. The van der Waals surface area contributed by atoms with Gasteiger partial charge in [0, 0.05) is 18.6 Å². The van der Waals surface area contributed by atoms with Crippen molar-refractivity contribution in [3.05, 3.63) is 0 Å². The maximum Gasteiger partial charge on any atom is 0.307 e. The van der Waals surface area contributed by atoms with E-state index in [1.165, 1.54) is 0 Å². The highest BCUT2D eigenvalue weighted by molar-refractivity contribution is 5.74. The van der Waals surface area contributed by atoms with Crippen LogP contribution in [0.25, 0.3) is 0 Å². The first kappa shape index (κ1) is 10.9. The maximum atomic E-state index is 10.9. The van der Waals surface area contributed by atoms with Crippen LogP contribution in [0, 0.1) is 17.8 Å². The molecular formula is C12H21NO2. The number of likely N-dealkylation sites (tertiary alicyclic amines) is 1. The Morgan fingerprint density at radius 3 is 2.13 bits per heavy atom. The number of hydrogen-bond acceptors (Lipinski definition) is 2. The van der Waals surface area contributed by atoms with E-state index in [-0.39, 0.29) is 11.5 Å². The van der Waals surface area contributed by atoms with Crippen molar-refractivity contribution in [3.63, 3.8) is 0 Å². The summed E-state index contributed by atoms with van der Waals surface area (Å²) in [7, 11) is 0. The molecule has 1 N–H and O–H groups in total. The molecule has 0 spiro atoms. The SMILES string of the molecule is CCC(C)(CC)N1CC2C(C1)C2C(=O)O. The van der Waals surface area contributed by atoms with Crippen LogP contribution in [0.15, 0.2) is 0 Å². The molecule has 2 atom stereocenters. The van der Waals surface area contributed by atoms with Crippen molar-refractivity contribution >= 4 is 5.97 Å². The normalized spacial score (nSPS) is 35.3. The minimum atomic E-state index is -0.584. The number of hydrogen-bond donors (Lipinski definition) is 1. The number of aliphatic carboxylic acids is 1. The second-order valence-corrected chi connectivity index (χ2v) is 5.30. The van der Waals surface area contributed by atoms with Crippen molar-refractivity contribution in [2.75, 3.05) is 13.1 Å². The number of rotatable bonds is 4. The number of piperidine rings is 1. The fraction of sp³-hybridized carbons (Fsp3) is 0.917. The van der Waals surface area contributed by atoms with Crippen LogP contribution in [-0.2, 0) is 4.79 Å². The van der Waals surface area contributed by atoms with Gasteiger partial charge in [-0.15, -0.1) is 0 Å². The maximum absolute atomic E-state index is 10.9. The predicted octanol–water partition coefficient (Wildman–Crippen LogP) is 1.83. The van der Waals surface area contributed by atoms with Crippen LogP contribution >= 0.6 is 0 Å². The minimum Gasteiger partial charge on any atom is -0.481 e. The quantitative estimate of drug-likeness (QED) is 0.771. The van der Waals surface area contributed by atoms with Gasteiger partial charge in [0.2, 0.25) is 0 Å². The van der Waals surface area contributed by atoms with Gasteiger partial charge in [-0.25, -0.2) is 0 Å². The second-order valence-electron chi connectivity index (χ2n) is 5.30. The van der Waals surface area contributed by atoms with Gasteiger partial charge in [-0.3, -0.25) is 9.69 Å². The first-order chi connectivity index (χ1) is 7.03. The Bertz CT molecular complexity index is 261. The molecule has 1 aliphatic heterocycles. The summed E-state index contributed by atoms with van der Waals surface area (Å²) in [5.74, 6) is 0.276. The van der Waals surface area contributed by atoms with Crippen LogP contribution in [0.4, 0.5) is 0 Å². The third-order valence-corrected chi connectivity index (χ3v) is 4.77. The van der Waals surface area contributed by atoms with E-state index in [2.05, 4.69) is 25.7 Å². The second kappa shape index (κ2) is 3.48. The molecule has 0 aromatic heterocycles. The summed E-state index contributed by atoms with van der Waals surface area (Å²) in [4.78, 5) is 13.4. The zero-order valence-corrected chi connectivity index (χ0v) is 9.86. The lowest BCUT2D eigenvalue weighted by Gasteiger charge is -2.39. The average Bonchev–Trinajstić information content (AvgIpc) is 2.74. The van der Waals surface area contributed by atoms with Crippen LogP contribution in [0.3, 0.4) is 0 Å². The van der Waals surface area contributed by atoms with Crippen LogP contribution in [0.2, 0.25) is 0 Å². The van der Waals surface area contributed by atoms with Gasteiger partial charge in [0.15, 0.2) is 0 Å². The van der Waals surface area contributed by atoms with Crippen molar-refractivity contribution in [1.29, 1.82) is 0 Å². The summed E-state index contributed by atoms with van der Waals surface area (Å²) in [5.41, 5.74) is 0.288. The van der Waals surface area contributed by atoms with Gasteiger partial charge in [0.25, 0.3) is 0 Å². The summed E-state index contributed by atoms with van der Waals surface area (Å²) < 4.78 is 0. The third kappa shape index (κ3) is 1.57. The van der Waals surface area contributed by atoms with Crippen molar-refractivity contribution in [1.82, 2.24) is 4.90 Å². The van der Waals surface area contributed by atoms with Gasteiger partial charge in [-0.2, -0.15) is 0 Å². The van der Waals surface area contributed by atoms with E-state index < -0.39 is 5.97 Å². The van der Waals surface area contributed by atoms with Gasteiger partial charge < -0.3 is 5.11 Å². The molecule has 15 heavy (non-hydrogen) atoms. The average molecular weight is 211 g/mol. The molecule has 0 bridgehead atoms. The molecule has 1 saturated heterocycles. The highest BCUT2D eigenvalue weighted by atomic mass is 16.4. The largest absolute Gasteiger partial charge is 0.481 e. The molecule has 0 aromatic rings. The highest BCUT2D eigenvalue weighted by Crippen LogP contribution is 2.53. The number of fused-ring (bicyclic) bond motifs is 1. The Balaban J connectivity index is 1.95. The molecule has 2 aliphatic rings. The summed E-state index contributed by atoms with van der Waals surface area (Å²) >= 11 is 0. The Hall–Kier alpha value is -0.570. The van der Waals surface area contributed by atoms with Crippen molar-refractivity contribution < 1.29 is 9.90 Å². The lowest BCUT2D eigenvalue weighted by atomic mass is 9.93. The molecule has 3 heteroatoms. The van der Waals surface area contributed by atoms with Crippen LogP contribution < -0.4 is 0 Å². The number of carboxylic acid groups (broad SMARTS) is 1. The molecule has 2 fully saturated rings. The molecule has 3 nitrogen and oxygen atoms in total. The van der Waals surface area contributed by atoms with E-state index in [9.17, 15) is 4.79 Å². The van der Waals surface area contributed by atoms with Crippen LogP contribution in [0.1, 0.15) is 33.6 Å². The van der Waals surface area contributed by atoms with Crippen molar-refractivity contribution in [2.24, 2.45) is 17.8 Å². The zero-order chi connectivity index (χ0) is 11.2. The van der Waals surface area contributed by atoms with Crippen LogP contribution in [0.5, 0.6) is 0 Å². The molecule has 1 aliphatic carbocycles. The lowest BCUT2D eigenvalue weighted by Crippen LogP contribution is -2.45. The molecule has 1 saturated carbocycles. The van der Waals surface area contributed by atoms with E-state index in [4.69, 9.17) is 5.11 Å². The van der Waals surface area contributed by atoms with E-state index >= 15 is 0 Å². The van der Waals surface area contributed by atoms with Gasteiger partial charge in [0.1, 0.15) is 0 Å². The molecule has 0 aromatic carbocycles. The molecule has 2 rings (SSSR count). The van der Waals surface area contributed by atoms with Gasteiger partial charge in [-0.1, -0.05) is 13.8 Å². The predicted molar refractivity (Wildman–Crippen MR) is 58.7 cm³/mol. The van der Waals surface area contributed by atoms with Gasteiger partial charge in [-0.05, 0) is 31.6 Å². The minimum absolute atomic E-state index is 0.0285. The molecule has 1 heterocycles. The number of nitrogens with zero attached hydrogens (tertiary/aromatic N) is 1. The first-order valence-electron chi connectivity index (χ1n) is 6.01.